The number of carbonyl (C=O) groups excluding carboxylic acids is 2. The summed E-state index contributed by atoms with van der Waals surface area (Å²) in [5.74, 6) is -0.976. The van der Waals surface area contributed by atoms with Crippen LogP contribution in [0.5, 0.6) is 0 Å². The number of halogens is 3. The van der Waals surface area contributed by atoms with E-state index in [1.54, 1.807) is 24.3 Å². The van der Waals surface area contributed by atoms with Crippen LogP contribution in [0.4, 0.5) is 5.69 Å². The van der Waals surface area contributed by atoms with Gasteiger partial charge in [0.05, 0.1) is 17.0 Å². The maximum Gasteiger partial charge on any atom is 0.244 e. The molecule has 0 aliphatic rings. The molecule has 3 aromatic rings. The fourth-order valence-corrected chi connectivity index (χ4v) is 5.64. The third-order valence-electron chi connectivity index (χ3n) is 5.86. The second-order valence-corrected chi connectivity index (χ2v) is 12.5. The fourth-order valence-electron chi connectivity index (χ4n) is 4.02. The fraction of sp³-hybridized carbons (Fsp3) is 0.286. The number of sulfonamides is 1. The molecule has 7 nitrogen and oxygen atoms in total. The number of nitrogens with one attached hydrogen (secondary N) is 1. The van der Waals surface area contributed by atoms with Gasteiger partial charge in [-0.05, 0) is 49.2 Å². The number of hydrogen-bond acceptors (Lipinski definition) is 4. The Morgan fingerprint density at radius 3 is 2.13 bits per heavy atom. The first-order chi connectivity index (χ1) is 18.4. The number of rotatable bonds is 11. The molecule has 208 valence electrons. The highest BCUT2D eigenvalue weighted by molar-refractivity contribution is 7.92. The largest absolute Gasteiger partial charge is 0.352 e. The number of hydrogen-bond donors (Lipinski definition) is 1. The van der Waals surface area contributed by atoms with E-state index >= 15 is 0 Å². The Morgan fingerprint density at radius 1 is 0.897 bits per heavy atom. The Kier molecular flexibility index (Phi) is 10.7. The van der Waals surface area contributed by atoms with Gasteiger partial charge in [-0.2, -0.15) is 0 Å². The summed E-state index contributed by atoms with van der Waals surface area (Å²) >= 11 is 18.8. The van der Waals surface area contributed by atoms with Crippen LogP contribution in [-0.4, -0.2) is 50.0 Å². The Balaban J connectivity index is 2.08. The molecule has 0 saturated heterocycles. The first-order valence-electron chi connectivity index (χ1n) is 12.2. The summed E-state index contributed by atoms with van der Waals surface area (Å²) in [5.41, 5.74) is 1.54. The van der Waals surface area contributed by atoms with Crippen molar-refractivity contribution in [1.29, 1.82) is 0 Å². The van der Waals surface area contributed by atoms with Gasteiger partial charge in [0.15, 0.2) is 0 Å². The quantitative estimate of drug-likeness (QED) is 0.307. The molecule has 0 aliphatic carbocycles. The Morgan fingerprint density at radius 2 is 1.54 bits per heavy atom. The molecule has 2 amide bonds. The lowest BCUT2D eigenvalue weighted by Crippen LogP contribution is -2.54. The average Bonchev–Trinajstić information content (AvgIpc) is 2.85. The van der Waals surface area contributed by atoms with Crippen LogP contribution in [0, 0.1) is 0 Å². The normalized spacial score (nSPS) is 12.2. The standard InChI is InChI=1S/C28H30Cl3N3O4S/c1-19(2)32-28(36)26(15-20-9-5-4-6-10-20)33(17-21-11-7-8-12-23(21)30)27(35)18-34(39(3,37)38)25-14-13-22(29)16-24(25)31/h4-14,16,19,26H,15,17-18H2,1-3H3,(H,32,36). The van der Waals surface area contributed by atoms with Crippen molar-refractivity contribution in [1.82, 2.24) is 10.2 Å². The summed E-state index contributed by atoms with van der Waals surface area (Å²) in [4.78, 5) is 28.9. The summed E-state index contributed by atoms with van der Waals surface area (Å²) in [7, 11) is -3.96. The van der Waals surface area contributed by atoms with Crippen molar-refractivity contribution in [2.24, 2.45) is 0 Å². The van der Waals surface area contributed by atoms with E-state index in [0.717, 1.165) is 16.1 Å². The van der Waals surface area contributed by atoms with Gasteiger partial charge in [0, 0.05) is 29.1 Å². The van der Waals surface area contributed by atoms with E-state index in [9.17, 15) is 18.0 Å². The third kappa shape index (κ3) is 8.60. The molecule has 0 spiro atoms. The van der Waals surface area contributed by atoms with E-state index in [1.807, 2.05) is 44.2 Å². The average molecular weight is 611 g/mol. The minimum absolute atomic E-state index is 0.0204. The van der Waals surface area contributed by atoms with Crippen molar-refractivity contribution in [2.45, 2.75) is 38.9 Å². The highest BCUT2D eigenvalue weighted by Crippen LogP contribution is 2.31. The molecule has 0 heterocycles. The second-order valence-electron chi connectivity index (χ2n) is 9.35. The number of benzene rings is 3. The van der Waals surface area contributed by atoms with Crippen molar-refractivity contribution < 1.29 is 18.0 Å². The minimum Gasteiger partial charge on any atom is -0.352 e. The molecule has 1 N–H and O–H groups in total. The van der Waals surface area contributed by atoms with Gasteiger partial charge >= 0.3 is 0 Å². The van der Waals surface area contributed by atoms with E-state index in [1.165, 1.54) is 23.1 Å². The molecule has 11 heteroatoms. The van der Waals surface area contributed by atoms with Crippen LogP contribution >= 0.6 is 34.8 Å². The molecule has 0 aromatic heterocycles. The van der Waals surface area contributed by atoms with Crippen LogP contribution in [-0.2, 0) is 32.6 Å². The van der Waals surface area contributed by atoms with Gasteiger partial charge in [0.1, 0.15) is 12.6 Å². The molecule has 0 bridgehead atoms. The summed E-state index contributed by atoms with van der Waals surface area (Å²) in [6.45, 7) is 3.04. The SMILES string of the molecule is CC(C)NC(=O)C(Cc1ccccc1)N(Cc1ccccc1Cl)C(=O)CN(c1ccc(Cl)cc1Cl)S(C)(=O)=O. The molecule has 0 fully saturated rings. The summed E-state index contributed by atoms with van der Waals surface area (Å²) in [6.07, 6.45) is 1.19. The van der Waals surface area contributed by atoms with E-state index in [4.69, 9.17) is 34.8 Å². The van der Waals surface area contributed by atoms with E-state index < -0.39 is 28.5 Å². The van der Waals surface area contributed by atoms with Crippen LogP contribution < -0.4 is 9.62 Å². The lowest BCUT2D eigenvalue weighted by atomic mass is 10.0. The molecular formula is C28H30Cl3N3O4S. The molecule has 0 saturated carbocycles. The zero-order valence-electron chi connectivity index (χ0n) is 21.8. The zero-order chi connectivity index (χ0) is 28.7. The van der Waals surface area contributed by atoms with Gasteiger partial charge in [-0.1, -0.05) is 83.3 Å². The Labute approximate surface area is 244 Å². The third-order valence-corrected chi connectivity index (χ3v) is 7.89. The van der Waals surface area contributed by atoms with Gasteiger partial charge < -0.3 is 10.2 Å². The van der Waals surface area contributed by atoms with Crippen molar-refractivity contribution in [3.05, 3.63) is 99.0 Å². The summed E-state index contributed by atoms with van der Waals surface area (Å²) in [5, 5.41) is 3.69. The number of amides is 2. The first-order valence-corrected chi connectivity index (χ1v) is 15.1. The van der Waals surface area contributed by atoms with Crippen molar-refractivity contribution in [3.63, 3.8) is 0 Å². The maximum absolute atomic E-state index is 14.0. The molecule has 39 heavy (non-hydrogen) atoms. The van der Waals surface area contributed by atoms with Gasteiger partial charge in [-0.25, -0.2) is 8.42 Å². The lowest BCUT2D eigenvalue weighted by Gasteiger charge is -2.34. The van der Waals surface area contributed by atoms with E-state index in [0.29, 0.717) is 15.6 Å². The van der Waals surface area contributed by atoms with Crippen molar-refractivity contribution in [3.8, 4) is 0 Å². The van der Waals surface area contributed by atoms with Crippen LogP contribution in [0.1, 0.15) is 25.0 Å². The van der Waals surface area contributed by atoms with Crippen molar-refractivity contribution in [2.75, 3.05) is 17.1 Å². The van der Waals surface area contributed by atoms with E-state index in [-0.39, 0.29) is 35.6 Å². The molecule has 3 rings (SSSR count). The van der Waals surface area contributed by atoms with Crippen LogP contribution in [0.25, 0.3) is 0 Å². The number of carbonyl (C=O) groups is 2. The van der Waals surface area contributed by atoms with Crippen LogP contribution in [0.15, 0.2) is 72.8 Å². The molecule has 1 unspecified atom stereocenters. The molecule has 0 radical (unpaired) electrons. The van der Waals surface area contributed by atoms with Gasteiger partial charge in [-0.15, -0.1) is 0 Å². The first kappa shape index (κ1) is 30.8. The molecule has 1 atom stereocenters. The van der Waals surface area contributed by atoms with Gasteiger partial charge in [0.2, 0.25) is 21.8 Å². The minimum atomic E-state index is -3.96. The van der Waals surface area contributed by atoms with Crippen LogP contribution in [0.3, 0.4) is 0 Å². The van der Waals surface area contributed by atoms with Gasteiger partial charge in [-0.3, -0.25) is 13.9 Å². The predicted octanol–water partition coefficient (Wildman–Crippen LogP) is 5.58. The summed E-state index contributed by atoms with van der Waals surface area (Å²) < 4.78 is 26.6. The van der Waals surface area contributed by atoms with Crippen molar-refractivity contribution >= 4 is 62.3 Å². The topological polar surface area (TPSA) is 86.8 Å². The Hall–Kier alpha value is -2.78. The zero-order valence-corrected chi connectivity index (χ0v) is 24.9. The highest BCUT2D eigenvalue weighted by atomic mass is 35.5. The smallest absolute Gasteiger partial charge is 0.244 e. The predicted molar refractivity (Wildman–Crippen MR) is 158 cm³/mol. The monoisotopic (exact) mass is 609 g/mol. The van der Waals surface area contributed by atoms with Crippen LogP contribution in [0.2, 0.25) is 15.1 Å². The number of anilines is 1. The Bertz CT molecular complexity index is 1420. The second kappa shape index (κ2) is 13.5. The van der Waals surface area contributed by atoms with E-state index in [2.05, 4.69) is 5.32 Å². The van der Waals surface area contributed by atoms with Gasteiger partial charge in [0.25, 0.3) is 0 Å². The molecule has 3 aromatic carbocycles. The lowest BCUT2D eigenvalue weighted by molar-refractivity contribution is -0.140. The number of nitrogens with zero attached hydrogens (tertiary/aromatic N) is 2. The molecule has 0 aliphatic heterocycles. The maximum atomic E-state index is 14.0. The summed E-state index contributed by atoms with van der Waals surface area (Å²) in [6, 6.07) is 19.5. The molecular weight excluding hydrogens is 581 g/mol. The highest BCUT2D eigenvalue weighted by Gasteiger charge is 2.34.